The molecule has 1 amide bonds. The molecule has 1 aliphatic rings. The molecule has 1 aromatic carbocycles. The minimum Gasteiger partial charge on any atom is -0.496 e. The Balaban J connectivity index is 1.89. The minimum atomic E-state index is -0.219. The third-order valence-electron chi connectivity index (χ3n) is 4.00. The standard InChI is InChI=1S/C17H21N3O3S/c1-23-15-5-4-12(16(22)18-6-9-21)10-13(15)14-11-24-17(19-14)20-7-2-3-8-20/h4-5,10-11,21H,2-3,6-9H2,1H3,(H,18,22). The molecule has 7 heteroatoms. The predicted octanol–water partition coefficient (Wildman–Crippen LogP) is 2.14. The summed E-state index contributed by atoms with van der Waals surface area (Å²) in [5.74, 6) is 0.468. The predicted molar refractivity (Wildman–Crippen MR) is 95.0 cm³/mol. The highest BCUT2D eigenvalue weighted by atomic mass is 32.1. The molecule has 0 unspecified atom stereocenters. The number of hydrogen-bond donors (Lipinski definition) is 2. The normalized spacial score (nSPS) is 14.0. The topological polar surface area (TPSA) is 74.7 Å². The molecule has 6 nitrogen and oxygen atoms in total. The van der Waals surface area contributed by atoms with Crippen LogP contribution in [0.4, 0.5) is 5.13 Å². The van der Waals surface area contributed by atoms with E-state index in [0.29, 0.717) is 11.3 Å². The van der Waals surface area contributed by atoms with Crippen molar-refractivity contribution in [2.75, 3.05) is 38.3 Å². The number of ether oxygens (including phenoxy) is 1. The van der Waals surface area contributed by atoms with E-state index in [1.807, 2.05) is 5.38 Å². The number of amides is 1. The van der Waals surface area contributed by atoms with Crippen molar-refractivity contribution >= 4 is 22.4 Å². The van der Waals surface area contributed by atoms with Crippen molar-refractivity contribution in [3.8, 4) is 17.0 Å². The molecule has 0 bridgehead atoms. The number of aliphatic hydroxyl groups is 1. The highest BCUT2D eigenvalue weighted by Crippen LogP contribution is 2.35. The number of aromatic nitrogens is 1. The Hall–Kier alpha value is -2.12. The maximum Gasteiger partial charge on any atom is 0.251 e. The number of benzene rings is 1. The van der Waals surface area contributed by atoms with E-state index in [4.69, 9.17) is 14.8 Å². The van der Waals surface area contributed by atoms with Crippen molar-refractivity contribution in [1.82, 2.24) is 10.3 Å². The molecule has 0 saturated carbocycles. The lowest BCUT2D eigenvalue weighted by molar-refractivity contribution is 0.0945. The summed E-state index contributed by atoms with van der Waals surface area (Å²) in [6.45, 7) is 2.25. The van der Waals surface area contributed by atoms with Gasteiger partial charge in [0.2, 0.25) is 0 Å². The van der Waals surface area contributed by atoms with Crippen LogP contribution >= 0.6 is 11.3 Å². The summed E-state index contributed by atoms with van der Waals surface area (Å²) in [4.78, 5) is 19.1. The first-order valence-corrected chi connectivity index (χ1v) is 8.89. The molecule has 2 heterocycles. The number of anilines is 1. The molecule has 0 radical (unpaired) electrons. The van der Waals surface area contributed by atoms with Crippen LogP contribution in [0.5, 0.6) is 5.75 Å². The minimum absolute atomic E-state index is 0.0833. The SMILES string of the molecule is COc1ccc(C(=O)NCCO)cc1-c1csc(N2CCCC2)n1. The third kappa shape index (κ3) is 3.52. The van der Waals surface area contributed by atoms with Crippen LogP contribution in [0.3, 0.4) is 0 Å². The number of carbonyl (C=O) groups is 1. The summed E-state index contributed by atoms with van der Waals surface area (Å²) >= 11 is 1.61. The van der Waals surface area contributed by atoms with Gasteiger partial charge in [-0.3, -0.25) is 4.79 Å². The fourth-order valence-electron chi connectivity index (χ4n) is 2.76. The van der Waals surface area contributed by atoms with Gasteiger partial charge in [0.05, 0.1) is 19.4 Å². The average Bonchev–Trinajstić information content (AvgIpc) is 3.29. The summed E-state index contributed by atoms with van der Waals surface area (Å²) in [5, 5.41) is 14.5. The fourth-order valence-corrected chi connectivity index (χ4v) is 3.64. The maximum atomic E-state index is 12.1. The highest BCUT2D eigenvalue weighted by molar-refractivity contribution is 7.14. The molecule has 128 valence electrons. The third-order valence-corrected chi connectivity index (χ3v) is 4.91. The summed E-state index contributed by atoms with van der Waals surface area (Å²) in [6.07, 6.45) is 2.41. The number of aliphatic hydroxyl groups excluding tert-OH is 1. The first-order chi connectivity index (χ1) is 11.7. The van der Waals surface area contributed by atoms with Gasteiger partial charge < -0.3 is 20.1 Å². The number of methoxy groups -OCH3 is 1. The molecule has 24 heavy (non-hydrogen) atoms. The molecule has 1 saturated heterocycles. The Labute approximate surface area is 145 Å². The van der Waals surface area contributed by atoms with Crippen LogP contribution in [0.1, 0.15) is 23.2 Å². The van der Waals surface area contributed by atoms with Gasteiger partial charge in [-0.05, 0) is 31.0 Å². The lowest BCUT2D eigenvalue weighted by atomic mass is 10.1. The van der Waals surface area contributed by atoms with E-state index in [1.165, 1.54) is 12.8 Å². The van der Waals surface area contributed by atoms with E-state index in [9.17, 15) is 4.79 Å². The van der Waals surface area contributed by atoms with Gasteiger partial charge in [-0.25, -0.2) is 4.98 Å². The number of carbonyl (C=O) groups excluding carboxylic acids is 1. The van der Waals surface area contributed by atoms with Crippen LogP contribution < -0.4 is 15.0 Å². The van der Waals surface area contributed by atoms with E-state index in [0.717, 1.165) is 29.5 Å². The van der Waals surface area contributed by atoms with E-state index < -0.39 is 0 Å². The molecular weight excluding hydrogens is 326 g/mol. The van der Waals surface area contributed by atoms with Gasteiger partial charge in [0.15, 0.2) is 5.13 Å². The average molecular weight is 347 g/mol. The van der Waals surface area contributed by atoms with Crippen molar-refractivity contribution in [1.29, 1.82) is 0 Å². The van der Waals surface area contributed by atoms with Crippen LogP contribution in [0, 0.1) is 0 Å². The molecule has 0 spiro atoms. The summed E-state index contributed by atoms with van der Waals surface area (Å²) in [7, 11) is 1.61. The lowest BCUT2D eigenvalue weighted by Crippen LogP contribution is -2.26. The van der Waals surface area contributed by atoms with Crippen LogP contribution in [0.15, 0.2) is 23.6 Å². The largest absolute Gasteiger partial charge is 0.496 e. The summed E-state index contributed by atoms with van der Waals surface area (Å²) in [5.41, 5.74) is 2.14. The quantitative estimate of drug-likeness (QED) is 0.837. The smallest absolute Gasteiger partial charge is 0.251 e. The molecule has 2 N–H and O–H groups in total. The molecule has 3 rings (SSSR count). The second-order valence-electron chi connectivity index (χ2n) is 5.60. The zero-order chi connectivity index (χ0) is 16.9. The first-order valence-electron chi connectivity index (χ1n) is 8.01. The zero-order valence-electron chi connectivity index (χ0n) is 13.6. The number of rotatable bonds is 6. The van der Waals surface area contributed by atoms with E-state index in [-0.39, 0.29) is 19.1 Å². The zero-order valence-corrected chi connectivity index (χ0v) is 14.4. The molecule has 1 aromatic heterocycles. The lowest BCUT2D eigenvalue weighted by Gasteiger charge is -2.13. The Morgan fingerprint density at radius 3 is 2.92 bits per heavy atom. The Morgan fingerprint density at radius 1 is 1.42 bits per heavy atom. The Kier molecular flexibility index (Phi) is 5.32. The maximum absolute atomic E-state index is 12.1. The van der Waals surface area contributed by atoms with Gasteiger partial charge in [0.1, 0.15) is 5.75 Å². The fraction of sp³-hybridized carbons (Fsp3) is 0.412. The number of thiazole rings is 1. The van der Waals surface area contributed by atoms with Crippen LogP contribution in [0.2, 0.25) is 0 Å². The molecule has 1 fully saturated rings. The van der Waals surface area contributed by atoms with Crippen LogP contribution in [-0.2, 0) is 0 Å². The Bertz CT molecular complexity index is 711. The van der Waals surface area contributed by atoms with Gasteiger partial charge >= 0.3 is 0 Å². The summed E-state index contributed by atoms with van der Waals surface area (Å²) in [6, 6.07) is 5.27. The number of nitrogens with zero attached hydrogens (tertiary/aromatic N) is 2. The van der Waals surface area contributed by atoms with Gasteiger partial charge in [0.25, 0.3) is 5.91 Å². The van der Waals surface area contributed by atoms with Crippen LogP contribution in [-0.4, -0.2) is 49.3 Å². The monoisotopic (exact) mass is 347 g/mol. The van der Waals surface area contributed by atoms with Crippen molar-refractivity contribution < 1.29 is 14.6 Å². The van der Waals surface area contributed by atoms with Crippen molar-refractivity contribution in [3.05, 3.63) is 29.1 Å². The summed E-state index contributed by atoms with van der Waals surface area (Å²) < 4.78 is 5.43. The molecule has 1 aliphatic heterocycles. The van der Waals surface area contributed by atoms with Gasteiger partial charge in [-0.1, -0.05) is 0 Å². The second kappa shape index (κ2) is 7.63. The van der Waals surface area contributed by atoms with E-state index in [1.54, 1.807) is 36.6 Å². The van der Waals surface area contributed by atoms with Crippen molar-refractivity contribution in [2.24, 2.45) is 0 Å². The molecule has 0 atom stereocenters. The number of hydrogen-bond acceptors (Lipinski definition) is 6. The van der Waals surface area contributed by atoms with E-state index >= 15 is 0 Å². The molecule has 2 aromatic rings. The van der Waals surface area contributed by atoms with E-state index in [2.05, 4.69) is 10.2 Å². The van der Waals surface area contributed by atoms with Gasteiger partial charge in [-0.15, -0.1) is 11.3 Å². The van der Waals surface area contributed by atoms with Crippen LogP contribution in [0.25, 0.3) is 11.3 Å². The van der Waals surface area contributed by atoms with Crippen molar-refractivity contribution in [3.63, 3.8) is 0 Å². The highest BCUT2D eigenvalue weighted by Gasteiger charge is 2.18. The first kappa shape index (κ1) is 16.7. The second-order valence-corrected chi connectivity index (χ2v) is 6.44. The Morgan fingerprint density at radius 2 is 2.21 bits per heavy atom. The molecular formula is C17H21N3O3S. The van der Waals surface area contributed by atoms with Gasteiger partial charge in [-0.2, -0.15) is 0 Å². The van der Waals surface area contributed by atoms with Crippen molar-refractivity contribution in [2.45, 2.75) is 12.8 Å². The number of nitrogens with one attached hydrogen (secondary N) is 1. The van der Waals surface area contributed by atoms with Gasteiger partial charge in [0, 0.05) is 36.1 Å². The molecule has 0 aliphatic carbocycles.